The summed E-state index contributed by atoms with van der Waals surface area (Å²) >= 11 is 13.0. The zero-order chi connectivity index (χ0) is 22.7. The molecule has 0 amide bonds. The Balaban J connectivity index is -0.000000391. The summed E-state index contributed by atoms with van der Waals surface area (Å²) in [6.07, 6.45) is 8.38. The second-order valence-electron chi connectivity index (χ2n) is 8.44. The molecule has 3 saturated heterocycles. The van der Waals surface area contributed by atoms with E-state index in [0.717, 1.165) is 19.6 Å². The first-order chi connectivity index (χ1) is 14.3. The van der Waals surface area contributed by atoms with Crippen molar-refractivity contribution in [1.29, 1.82) is 0 Å². The SMILES string of the molecule is COC(C)C1CCCN1S.COC(C)C1CCCN1S.COC(C)C1CCCN1S.F.F.F. The van der Waals surface area contributed by atoms with Crippen LogP contribution in [0.3, 0.4) is 0 Å². The van der Waals surface area contributed by atoms with Crippen LogP contribution in [0.1, 0.15) is 59.3 Å². The summed E-state index contributed by atoms with van der Waals surface area (Å²) in [5, 5.41) is 0. The van der Waals surface area contributed by atoms with Crippen LogP contribution >= 0.6 is 38.4 Å². The van der Waals surface area contributed by atoms with Gasteiger partial charge in [0.1, 0.15) is 0 Å². The summed E-state index contributed by atoms with van der Waals surface area (Å²) in [4.78, 5) is 0. The number of methoxy groups -OCH3 is 3. The normalized spacial score (nSPS) is 28.1. The summed E-state index contributed by atoms with van der Waals surface area (Å²) in [6, 6.07) is 1.56. The van der Waals surface area contributed by atoms with Gasteiger partial charge >= 0.3 is 0 Å². The number of ether oxygens (including phenoxy) is 3. The second-order valence-corrected chi connectivity index (χ2v) is 9.98. The van der Waals surface area contributed by atoms with E-state index >= 15 is 0 Å². The highest BCUT2D eigenvalue weighted by atomic mass is 32.1. The summed E-state index contributed by atoms with van der Waals surface area (Å²) in [6.45, 7) is 9.59. The molecule has 0 aromatic carbocycles. The van der Waals surface area contributed by atoms with Gasteiger partial charge in [-0.25, -0.2) is 12.9 Å². The van der Waals surface area contributed by atoms with E-state index in [0.29, 0.717) is 36.4 Å². The Hall–Kier alpha value is 0.600. The molecule has 3 aliphatic heterocycles. The van der Waals surface area contributed by atoms with Crippen molar-refractivity contribution in [2.45, 2.75) is 95.7 Å². The van der Waals surface area contributed by atoms with Crippen LogP contribution in [0.5, 0.6) is 0 Å². The maximum absolute atomic E-state index is 5.21. The van der Waals surface area contributed by atoms with Crippen LogP contribution in [-0.2, 0) is 14.2 Å². The fourth-order valence-corrected chi connectivity index (χ4v) is 5.57. The third-order valence-corrected chi connectivity index (χ3v) is 8.04. The second kappa shape index (κ2) is 20.8. The zero-order valence-electron chi connectivity index (χ0n) is 21.0. The number of hydrogen-bond donors (Lipinski definition) is 3. The first kappa shape index (κ1) is 38.1. The molecule has 6 nitrogen and oxygen atoms in total. The highest BCUT2D eigenvalue weighted by molar-refractivity contribution is 7.78. The molecule has 33 heavy (non-hydrogen) atoms. The van der Waals surface area contributed by atoms with Gasteiger partial charge < -0.3 is 14.2 Å². The Morgan fingerprint density at radius 1 is 0.545 bits per heavy atom. The molecule has 0 aromatic heterocycles. The number of rotatable bonds is 6. The Labute approximate surface area is 216 Å². The zero-order valence-corrected chi connectivity index (χ0v) is 23.6. The molecule has 3 heterocycles. The minimum absolute atomic E-state index is 0. The Morgan fingerprint density at radius 2 is 0.758 bits per heavy atom. The van der Waals surface area contributed by atoms with Crippen molar-refractivity contribution >= 4 is 38.4 Å². The predicted octanol–water partition coefficient (Wildman–Crippen LogP) is 4.45. The Bertz CT molecular complexity index is 406. The van der Waals surface area contributed by atoms with Crippen molar-refractivity contribution in [2.24, 2.45) is 0 Å². The van der Waals surface area contributed by atoms with E-state index in [9.17, 15) is 0 Å². The average Bonchev–Trinajstić information content (AvgIpc) is 3.48. The summed E-state index contributed by atoms with van der Waals surface area (Å²) in [5.41, 5.74) is 0. The van der Waals surface area contributed by atoms with Gasteiger partial charge in [-0.3, -0.25) is 14.1 Å². The first-order valence-corrected chi connectivity index (χ1v) is 12.4. The summed E-state index contributed by atoms with van der Waals surface area (Å²) in [5.74, 6) is 0. The molecule has 0 aromatic rings. The molecular formula is C21H48F3N3O3S3. The predicted molar refractivity (Wildman–Crippen MR) is 143 cm³/mol. The van der Waals surface area contributed by atoms with Crippen LogP contribution < -0.4 is 0 Å². The molecule has 0 saturated carbocycles. The molecular weight excluding hydrogens is 495 g/mol. The van der Waals surface area contributed by atoms with Gasteiger partial charge in [0, 0.05) is 59.1 Å². The van der Waals surface area contributed by atoms with Gasteiger partial charge in [-0.05, 0) is 59.3 Å². The highest BCUT2D eigenvalue weighted by Crippen LogP contribution is 2.24. The van der Waals surface area contributed by atoms with Gasteiger partial charge in [0.25, 0.3) is 0 Å². The van der Waals surface area contributed by atoms with E-state index in [2.05, 4.69) is 72.1 Å². The molecule has 3 rings (SSSR count). The Kier molecular flexibility index (Phi) is 24.0. The van der Waals surface area contributed by atoms with Gasteiger partial charge in [0.2, 0.25) is 0 Å². The lowest BCUT2D eigenvalue weighted by Crippen LogP contribution is -2.32. The molecule has 0 bridgehead atoms. The fourth-order valence-electron chi connectivity index (χ4n) is 4.23. The molecule has 3 fully saturated rings. The van der Waals surface area contributed by atoms with E-state index in [-0.39, 0.29) is 14.1 Å². The molecule has 3 aliphatic rings. The van der Waals surface area contributed by atoms with E-state index in [1.807, 2.05) is 0 Å². The van der Waals surface area contributed by atoms with Gasteiger partial charge in [0.05, 0.1) is 18.3 Å². The van der Waals surface area contributed by atoms with Crippen molar-refractivity contribution in [3.8, 4) is 0 Å². The minimum atomic E-state index is 0. The molecule has 0 N–H and O–H groups in total. The molecule has 0 aliphatic carbocycles. The Morgan fingerprint density at radius 3 is 0.879 bits per heavy atom. The fraction of sp³-hybridized carbons (Fsp3) is 1.00. The maximum Gasteiger partial charge on any atom is 0.0707 e. The standard InChI is InChI=1S/3C7H15NOS.3FH/c3*1-6(9-2)7-4-3-5-8(7)10;;;/h3*6-7,10H,3-5H2,1-2H3;3*1H. The van der Waals surface area contributed by atoms with E-state index in [1.54, 1.807) is 21.3 Å². The van der Waals surface area contributed by atoms with Crippen molar-refractivity contribution in [2.75, 3.05) is 41.0 Å². The topological polar surface area (TPSA) is 37.4 Å². The third kappa shape index (κ3) is 12.9. The van der Waals surface area contributed by atoms with Gasteiger partial charge in [-0.1, -0.05) is 38.4 Å². The largest absolute Gasteiger partial charge is 0.380 e. The van der Waals surface area contributed by atoms with Gasteiger partial charge in [-0.15, -0.1) is 0 Å². The van der Waals surface area contributed by atoms with Crippen LogP contribution in [-0.4, -0.2) is 90.3 Å². The molecule has 204 valence electrons. The van der Waals surface area contributed by atoms with E-state index < -0.39 is 0 Å². The van der Waals surface area contributed by atoms with Crippen molar-refractivity contribution in [3.05, 3.63) is 0 Å². The monoisotopic (exact) mass is 543 g/mol. The maximum atomic E-state index is 5.21. The van der Waals surface area contributed by atoms with Crippen molar-refractivity contribution < 1.29 is 28.3 Å². The summed E-state index contributed by atoms with van der Waals surface area (Å²) < 4.78 is 21.9. The summed E-state index contributed by atoms with van der Waals surface area (Å²) in [7, 11) is 5.26. The molecule has 0 radical (unpaired) electrons. The average molecular weight is 544 g/mol. The number of halogens is 3. The van der Waals surface area contributed by atoms with Gasteiger partial charge in [0.15, 0.2) is 0 Å². The lowest BCUT2D eigenvalue weighted by Gasteiger charge is -2.23. The number of thiol groups is 3. The van der Waals surface area contributed by atoms with Gasteiger partial charge in [-0.2, -0.15) is 0 Å². The van der Waals surface area contributed by atoms with Crippen molar-refractivity contribution in [3.63, 3.8) is 0 Å². The molecule has 6 atom stereocenters. The minimum Gasteiger partial charge on any atom is -0.380 e. The third-order valence-electron chi connectivity index (χ3n) is 6.55. The first-order valence-electron chi connectivity index (χ1n) is 11.2. The lowest BCUT2D eigenvalue weighted by atomic mass is 10.1. The lowest BCUT2D eigenvalue weighted by molar-refractivity contribution is 0.0714. The van der Waals surface area contributed by atoms with Crippen LogP contribution in [0.2, 0.25) is 0 Å². The number of hydrogen-bond acceptors (Lipinski definition) is 9. The number of nitrogens with zero attached hydrogens (tertiary/aromatic N) is 3. The smallest absolute Gasteiger partial charge is 0.0707 e. The molecule has 6 unspecified atom stereocenters. The molecule has 0 spiro atoms. The van der Waals surface area contributed by atoms with E-state index in [1.165, 1.54) is 38.5 Å². The van der Waals surface area contributed by atoms with Crippen LogP contribution in [0.25, 0.3) is 0 Å². The van der Waals surface area contributed by atoms with E-state index in [4.69, 9.17) is 14.2 Å². The van der Waals surface area contributed by atoms with Crippen LogP contribution in [0.15, 0.2) is 0 Å². The van der Waals surface area contributed by atoms with Crippen LogP contribution in [0, 0.1) is 0 Å². The van der Waals surface area contributed by atoms with Crippen LogP contribution in [0.4, 0.5) is 14.1 Å². The quantitative estimate of drug-likeness (QED) is 0.430. The van der Waals surface area contributed by atoms with Crippen molar-refractivity contribution in [1.82, 2.24) is 12.9 Å². The molecule has 12 heteroatoms. The highest BCUT2D eigenvalue weighted by Gasteiger charge is 2.28.